The smallest absolute Gasteiger partial charge is 0.259 e. The van der Waals surface area contributed by atoms with Crippen LogP contribution in [-0.4, -0.2) is 142 Å². The number of ether oxygens (including phenoxy) is 2. The predicted molar refractivity (Wildman–Crippen MR) is 287 cm³/mol. The highest BCUT2D eigenvalue weighted by atomic mass is 35.5. The molecular weight excluding hydrogens is 972 g/mol. The first-order valence-electron chi connectivity index (χ1n) is 23.4. The van der Waals surface area contributed by atoms with Crippen LogP contribution in [0.15, 0.2) is 127 Å². The Morgan fingerprint density at radius 1 is 0.562 bits per heavy atom. The third kappa shape index (κ3) is 13.3. The topological polar surface area (TPSA) is 210 Å². The Balaban J connectivity index is 0.000000195. The fourth-order valence-electron chi connectivity index (χ4n) is 8.00. The Hall–Kier alpha value is -7.90. The summed E-state index contributed by atoms with van der Waals surface area (Å²) in [7, 11) is 5.57. The Bertz CT molecular complexity index is 2980. The molecule has 6 aromatic rings. The van der Waals surface area contributed by atoms with Gasteiger partial charge in [0, 0.05) is 99.9 Å². The molecule has 0 saturated carbocycles. The van der Waals surface area contributed by atoms with Gasteiger partial charge in [-0.05, 0) is 84.9 Å². The maximum Gasteiger partial charge on any atom is 0.259 e. The number of aliphatic imine (C=N–C) groups is 1. The largest absolute Gasteiger partial charge is 0.378 e. The number of anilines is 6. The van der Waals surface area contributed by atoms with Crippen molar-refractivity contribution in [3.05, 3.63) is 165 Å². The number of rotatable bonds is 12. The van der Waals surface area contributed by atoms with Crippen LogP contribution in [0.4, 0.5) is 34.4 Å². The summed E-state index contributed by atoms with van der Waals surface area (Å²) in [6.45, 7) is 6.96. The quantitative estimate of drug-likeness (QED) is 0.0589. The standard InChI is InChI=1S/C27H27ClN6O3.C26H27ClN6O3/c1-33-11-10-29-25(33)18-2-4-19(5-3-18)26(35)31-23-8-7-21(34-12-14-37-15-13-34)16-22(23)27(36)32-24-9-6-20(28)17-30-24;1-32(2)24(28)17-3-5-18(6-4-17)25(34)30-22-9-8-20(33-11-13-36-14-12-33)15-21(22)26(35)31-23-10-7-19(27)16-29-23/h2-9,16-17H,10-15H2,1H3,(H,31,35)(H,30,32,36);3-10,15-16,28H,11-14H2,1-2H3,(H,30,34)(H,29,31,35). The summed E-state index contributed by atoms with van der Waals surface area (Å²) in [5.74, 6) is 0.483. The van der Waals surface area contributed by atoms with Gasteiger partial charge in [-0.15, -0.1) is 0 Å². The van der Waals surface area contributed by atoms with E-state index in [2.05, 4.69) is 50.9 Å². The van der Waals surface area contributed by atoms with Crippen molar-refractivity contribution in [3.63, 3.8) is 0 Å². The first-order valence-corrected chi connectivity index (χ1v) is 24.2. The van der Waals surface area contributed by atoms with E-state index in [0.29, 0.717) is 106 Å². The Labute approximate surface area is 432 Å². The molecule has 0 spiro atoms. The summed E-state index contributed by atoms with van der Waals surface area (Å²) in [4.78, 5) is 73.6. The van der Waals surface area contributed by atoms with Gasteiger partial charge in [-0.2, -0.15) is 0 Å². The van der Waals surface area contributed by atoms with Gasteiger partial charge in [0.25, 0.3) is 23.6 Å². The molecule has 3 aliphatic heterocycles. The molecule has 2 fully saturated rings. The lowest BCUT2D eigenvalue weighted by molar-refractivity contribution is 0.101. The van der Waals surface area contributed by atoms with Crippen LogP contribution < -0.4 is 31.1 Å². The molecule has 0 aliphatic carbocycles. The van der Waals surface area contributed by atoms with E-state index in [4.69, 9.17) is 38.1 Å². The molecule has 0 bridgehead atoms. The van der Waals surface area contributed by atoms with Crippen LogP contribution in [0.5, 0.6) is 0 Å². The second kappa shape index (κ2) is 24.0. The van der Waals surface area contributed by atoms with Gasteiger partial charge in [0.05, 0.1) is 65.5 Å². The van der Waals surface area contributed by atoms with Crippen LogP contribution in [0, 0.1) is 5.41 Å². The molecule has 5 heterocycles. The van der Waals surface area contributed by atoms with Crippen molar-refractivity contribution in [1.82, 2.24) is 19.8 Å². The number of halogens is 2. The lowest BCUT2D eigenvalue weighted by Crippen LogP contribution is -2.36. The van der Waals surface area contributed by atoms with E-state index >= 15 is 0 Å². The second-order valence-electron chi connectivity index (χ2n) is 17.2. The monoisotopic (exact) mass is 1020 g/mol. The van der Waals surface area contributed by atoms with Crippen molar-refractivity contribution in [2.75, 3.05) is 118 Å². The molecule has 9 rings (SSSR count). The molecule has 0 unspecified atom stereocenters. The number of nitrogens with one attached hydrogen (secondary N) is 5. The predicted octanol–water partition coefficient (Wildman–Crippen LogP) is 7.73. The van der Waals surface area contributed by atoms with Gasteiger partial charge >= 0.3 is 0 Å². The van der Waals surface area contributed by atoms with Crippen LogP contribution >= 0.6 is 23.2 Å². The van der Waals surface area contributed by atoms with E-state index in [1.807, 2.05) is 31.3 Å². The van der Waals surface area contributed by atoms with E-state index in [9.17, 15) is 19.2 Å². The summed E-state index contributed by atoms with van der Waals surface area (Å²) < 4.78 is 10.9. The molecule has 20 heteroatoms. The highest BCUT2D eigenvalue weighted by molar-refractivity contribution is 6.30. The number of benzene rings is 4. The van der Waals surface area contributed by atoms with Crippen molar-refractivity contribution >= 4 is 92.9 Å². The number of nitrogens with zero attached hydrogens (tertiary/aromatic N) is 7. The first-order chi connectivity index (χ1) is 35.3. The number of amides is 4. The zero-order valence-electron chi connectivity index (χ0n) is 40.5. The fourth-order valence-corrected chi connectivity index (χ4v) is 8.23. The van der Waals surface area contributed by atoms with Crippen molar-refractivity contribution in [1.29, 1.82) is 5.41 Å². The number of hydrogen-bond acceptors (Lipinski definition) is 13. The molecule has 2 saturated heterocycles. The van der Waals surface area contributed by atoms with Crippen molar-refractivity contribution in [3.8, 4) is 0 Å². The lowest BCUT2D eigenvalue weighted by Gasteiger charge is -2.29. The van der Waals surface area contributed by atoms with Crippen LogP contribution in [0.3, 0.4) is 0 Å². The van der Waals surface area contributed by atoms with Crippen LogP contribution in [0.2, 0.25) is 10.0 Å². The SMILES string of the molecule is CN(C)C(=N)c1ccc(C(=O)Nc2ccc(N3CCOCC3)cc2C(=O)Nc2ccc(Cl)cn2)cc1.CN1CCN=C1c1ccc(C(=O)Nc2ccc(N3CCOCC3)cc2C(=O)Nc2ccc(Cl)cn2)cc1. The molecule has 5 N–H and O–H groups in total. The lowest BCUT2D eigenvalue weighted by atomic mass is 10.1. The molecule has 18 nitrogen and oxygen atoms in total. The average Bonchev–Trinajstić information content (AvgIpc) is 3.86. The van der Waals surface area contributed by atoms with Gasteiger partial charge in [0.1, 0.15) is 23.3 Å². The van der Waals surface area contributed by atoms with Crippen molar-refractivity contribution in [2.24, 2.45) is 4.99 Å². The van der Waals surface area contributed by atoms with Gasteiger partial charge in [0.15, 0.2) is 0 Å². The van der Waals surface area contributed by atoms with E-state index in [-0.39, 0.29) is 11.8 Å². The maximum atomic E-state index is 13.3. The number of carbonyl (C=O) groups is 4. The normalized spacial score (nSPS) is 14.3. The minimum absolute atomic E-state index is 0.301. The van der Waals surface area contributed by atoms with Crippen LogP contribution in [0.1, 0.15) is 52.6 Å². The summed E-state index contributed by atoms with van der Waals surface area (Å²) in [5.41, 5.74) is 5.68. The van der Waals surface area contributed by atoms with E-state index in [1.54, 1.807) is 104 Å². The number of morpholine rings is 2. The van der Waals surface area contributed by atoms with Gasteiger partial charge in [-0.1, -0.05) is 47.5 Å². The molecular formula is C53H54Cl2N12O6. The highest BCUT2D eigenvalue weighted by Gasteiger charge is 2.22. The fraction of sp³-hybridized carbons (Fsp3) is 0.245. The second-order valence-corrected chi connectivity index (χ2v) is 18.1. The third-order valence-electron chi connectivity index (χ3n) is 12.0. The summed E-state index contributed by atoms with van der Waals surface area (Å²) in [6, 6.07) is 31.4. The zero-order valence-corrected chi connectivity index (χ0v) is 42.0. The summed E-state index contributed by atoms with van der Waals surface area (Å²) in [5, 5.41) is 20.3. The molecule has 4 amide bonds. The summed E-state index contributed by atoms with van der Waals surface area (Å²) in [6.07, 6.45) is 2.91. The van der Waals surface area contributed by atoms with E-state index in [0.717, 1.165) is 49.0 Å². The minimum atomic E-state index is -0.412. The average molecular weight is 1030 g/mol. The van der Waals surface area contributed by atoms with Gasteiger partial charge in [-0.3, -0.25) is 29.6 Å². The Morgan fingerprint density at radius 3 is 1.40 bits per heavy atom. The first kappa shape index (κ1) is 51.5. The van der Waals surface area contributed by atoms with Crippen LogP contribution in [0.25, 0.3) is 0 Å². The molecule has 0 atom stereocenters. The number of likely N-dealkylation sites (N-methyl/N-ethyl adjacent to an activating group) is 1. The summed E-state index contributed by atoms with van der Waals surface area (Å²) >= 11 is 11.8. The Morgan fingerprint density at radius 2 is 1.00 bits per heavy atom. The van der Waals surface area contributed by atoms with Crippen molar-refractivity contribution in [2.45, 2.75) is 0 Å². The zero-order chi connectivity index (χ0) is 51.4. The van der Waals surface area contributed by atoms with E-state index in [1.165, 1.54) is 12.4 Å². The molecule has 2 aromatic heterocycles. The van der Waals surface area contributed by atoms with Gasteiger partial charge in [0.2, 0.25) is 0 Å². The van der Waals surface area contributed by atoms with Crippen LogP contribution in [-0.2, 0) is 9.47 Å². The Kier molecular flexibility index (Phi) is 16.9. The van der Waals surface area contributed by atoms with Crippen molar-refractivity contribution < 1.29 is 28.7 Å². The molecule has 376 valence electrons. The number of amidine groups is 2. The minimum Gasteiger partial charge on any atom is -0.378 e. The third-order valence-corrected chi connectivity index (χ3v) is 12.5. The number of aromatic nitrogens is 2. The number of pyridine rings is 2. The molecule has 4 aromatic carbocycles. The molecule has 73 heavy (non-hydrogen) atoms. The number of hydrogen-bond donors (Lipinski definition) is 5. The van der Waals surface area contributed by atoms with E-state index < -0.39 is 11.8 Å². The van der Waals surface area contributed by atoms with Gasteiger partial charge < -0.3 is 50.3 Å². The van der Waals surface area contributed by atoms with Gasteiger partial charge in [-0.25, -0.2) is 9.97 Å². The maximum absolute atomic E-state index is 13.3. The highest BCUT2D eigenvalue weighted by Crippen LogP contribution is 2.28. The molecule has 3 aliphatic rings. The molecule has 0 radical (unpaired) electrons. The number of carbonyl (C=O) groups excluding carboxylic acids is 4.